The summed E-state index contributed by atoms with van der Waals surface area (Å²) in [6.07, 6.45) is 1.44. The van der Waals surface area contributed by atoms with Gasteiger partial charge in [-0.05, 0) is 32.4 Å². The van der Waals surface area contributed by atoms with Crippen LogP contribution in [0.2, 0.25) is 0 Å². The Morgan fingerprint density at radius 1 is 1.43 bits per heavy atom. The summed E-state index contributed by atoms with van der Waals surface area (Å²) in [6.45, 7) is 11.2. The number of hydrogen-bond donors (Lipinski definition) is 1. The summed E-state index contributed by atoms with van der Waals surface area (Å²) in [7, 11) is 6.99. The first-order valence-corrected chi connectivity index (χ1v) is 10.9. The lowest BCUT2D eigenvalue weighted by Gasteiger charge is -2.57. The highest BCUT2D eigenvalue weighted by Gasteiger charge is 2.72. The normalized spacial score (nSPS) is 38.7. The first-order chi connectivity index (χ1) is 14.2. The van der Waals surface area contributed by atoms with Gasteiger partial charge in [-0.25, -0.2) is 4.79 Å². The van der Waals surface area contributed by atoms with Crippen LogP contribution in [0.5, 0.6) is 0 Å². The minimum Gasteiger partial charge on any atom is -0.443 e. The summed E-state index contributed by atoms with van der Waals surface area (Å²) in [5.41, 5.74) is 5.44. The van der Waals surface area contributed by atoms with E-state index in [2.05, 4.69) is 18.4 Å². The Labute approximate surface area is 180 Å². The summed E-state index contributed by atoms with van der Waals surface area (Å²) in [6, 6.07) is 8.18. The highest BCUT2D eigenvalue weighted by atomic mass is 16.6. The molecule has 2 unspecified atom stereocenters. The highest BCUT2D eigenvalue weighted by molar-refractivity contribution is 5.98. The molecule has 1 spiro atoms. The standard InChI is InChI=1S/C24H30BN2O3/c1-5-15-13-27(25)11-10-24-18-8-6-7-9-19(18)26(22(29)30-23(2,3)4)21(24)17(14-28)16(15)12-20(24)27/h6-9,16-17,20-21,28H,1,10-14H2,2-4H3/q+1/t16-,17?,20-,21+,24-,27?/m0/s1. The number of nitrogens with zero attached hydrogens (tertiary/aromatic N) is 2. The Morgan fingerprint density at radius 3 is 2.83 bits per heavy atom. The number of benzene rings is 1. The zero-order chi connectivity index (χ0) is 21.5. The fourth-order valence-electron chi connectivity index (χ4n) is 7.04. The molecule has 3 aliphatic heterocycles. The number of para-hydroxylation sites is 1. The molecule has 3 fully saturated rings. The number of piperidine rings is 1. The number of carbonyl (C=O) groups excluding carboxylic acids is 1. The van der Waals surface area contributed by atoms with Gasteiger partial charge in [0.25, 0.3) is 0 Å². The number of carbonyl (C=O) groups is 1. The maximum Gasteiger partial charge on any atom is 0.481 e. The van der Waals surface area contributed by atoms with Gasteiger partial charge in [0.1, 0.15) is 5.60 Å². The molecule has 2 bridgehead atoms. The molecule has 6 heteroatoms. The number of anilines is 1. The van der Waals surface area contributed by atoms with Crippen LogP contribution in [-0.4, -0.2) is 61.0 Å². The minimum atomic E-state index is -0.601. The molecule has 1 saturated carbocycles. The zero-order valence-electron chi connectivity index (χ0n) is 18.1. The number of aliphatic hydroxyl groups is 1. The molecular weight excluding hydrogens is 375 g/mol. The van der Waals surface area contributed by atoms with E-state index in [1.165, 1.54) is 5.56 Å². The van der Waals surface area contributed by atoms with Crippen molar-refractivity contribution in [2.24, 2.45) is 11.8 Å². The molecule has 6 atom stereocenters. The first kappa shape index (κ1) is 19.9. The van der Waals surface area contributed by atoms with E-state index in [9.17, 15) is 9.90 Å². The fraction of sp³-hybridized carbons (Fsp3) is 0.583. The van der Waals surface area contributed by atoms with Crippen LogP contribution in [0.15, 0.2) is 42.1 Å². The summed E-state index contributed by atoms with van der Waals surface area (Å²) >= 11 is 0. The summed E-state index contributed by atoms with van der Waals surface area (Å²) < 4.78 is 6.33. The van der Waals surface area contributed by atoms with Crippen LogP contribution in [-0.2, 0) is 10.2 Å². The third-order valence-corrected chi connectivity index (χ3v) is 7.97. The molecule has 30 heavy (non-hydrogen) atoms. The van der Waals surface area contributed by atoms with Crippen molar-refractivity contribution in [2.75, 3.05) is 24.6 Å². The molecule has 2 saturated heterocycles. The van der Waals surface area contributed by atoms with Crippen molar-refractivity contribution in [1.29, 1.82) is 0 Å². The SMILES string of the molecule is [B][N+]12CC[C@@]34c5ccccc5N(C(=O)OC(C)(C)C)[C@@H]3C(CO)[C@@H](C[C@@H]41)C(=C=C)C2. The van der Waals surface area contributed by atoms with Crippen molar-refractivity contribution < 1.29 is 19.0 Å². The number of ether oxygens (including phenoxy) is 1. The van der Waals surface area contributed by atoms with Crippen LogP contribution in [0.1, 0.15) is 39.2 Å². The lowest BCUT2D eigenvalue weighted by atomic mass is 9.55. The predicted octanol–water partition coefficient (Wildman–Crippen LogP) is 3.07. The molecule has 5 nitrogen and oxygen atoms in total. The van der Waals surface area contributed by atoms with Gasteiger partial charge in [-0.3, -0.25) is 4.90 Å². The van der Waals surface area contributed by atoms with Crippen molar-refractivity contribution in [2.45, 2.75) is 56.7 Å². The second-order valence-corrected chi connectivity index (χ2v) is 10.5. The predicted molar refractivity (Wildman–Crippen MR) is 116 cm³/mol. The molecule has 2 radical (unpaired) electrons. The summed E-state index contributed by atoms with van der Waals surface area (Å²) in [5, 5.41) is 10.6. The van der Waals surface area contributed by atoms with Gasteiger partial charge in [-0.15, -0.1) is 5.73 Å². The van der Waals surface area contributed by atoms with Gasteiger partial charge in [0, 0.05) is 36.9 Å². The monoisotopic (exact) mass is 405 g/mol. The number of fused-ring (bicyclic) bond motifs is 2. The molecular formula is C24H30BN2O3+. The largest absolute Gasteiger partial charge is 0.481 e. The van der Waals surface area contributed by atoms with Crippen molar-refractivity contribution in [3.05, 3.63) is 47.7 Å². The molecule has 4 aliphatic rings. The Kier molecular flexibility index (Phi) is 4.16. The van der Waals surface area contributed by atoms with Crippen molar-refractivity contribution in [3.8, 4) is 0 Å². The number of aliphatic hydroxyl groups excluding tert-OH is 1. The van der Waals surface area contributed by atoms with Crippen LogP contribution < -0.4 is 4.90 Å². The molecule has 0 aromatic heterocycles. The average Bonchev–Trinajstić information content (AvgIpc) is 3.17. The van der Waals surface area contributed by atoms with Crippen LogP contribution in [0.25, 0.3) is 0 Å². The maximum atomic E-state index is 13.5. The summed E-state index contributed by atoms with van der Waals surface area (Å²) in [5.74, 6) is 0.0278. The van der Waals surface area contributed by atoms with E-state index in [0.717, 1.165) is 37.2 Å². The number of amides is 1. The number of hydrogen-bond acceptors (Lipinski definition) is 3. The van der Waals surface area contributed by atoms with Gasteiger partial charge in [0.15, 0.2) is 0 Å². The van der Waals surface area contributed by atoms with Gasteiger partial charge in [0.05, 0.1) is 36.3 Å². The van der Waals surface area contributed by atoms with E-state index in [1.54, 1.807) is 0 Å². The van der Waals surface area contributed by atoms with Gasteiger partial charge >= 0.3 is 14.1 Å². The lowest BCUT2D eigenvalue weighted by molar-refractivity contribution is -0.835. The zero-order valence-corrected chi connectivity index (χ0v) is 18.1. The van der Waals surface area contributed by atoms with E-state index in [1.807, 2.05) is 43.9 Å². The van der Waals surface area contributed by atoms with Crippen LogP contribution in [0, 0.1) is 11.8 Å². The van der Waals surface area contributed by atoms with E-state index in [-0.39, 0.29) is 42.0 Å². The average molecular weight is 405 g/mol. The first-order valence-electron chi connectivity index (χ1n) is 10.9. The molecule has 3 heterocycles. The molecule has 1 aliphatic carbocycles. The number of rotatable bonds is 1. The minimum absolute atomic E-state index is 0.00679. The van der Waals surface area contributed by atoms with Gasteiger partial charge in [0.2, 0.25) is 0 Å². The van der Waals surface area contributed by atoms with Crippen LogP contribution in [0.3, 0.4) is 0 Å². The third-order valence-electron chi connectivity index (χ3n) is 7.97. The molecule has 1 N–H and O–H groups in total. The van der Waals surface area contributed by atoms with Crippen LogP contribution in [0.4, 0.5) is 10.5 Å². The topological polar surface area (TPSA) is 49.8 Å². The van der Waals surface area contributed by atoms with Crippen molar-refractivity contribution in [3.63, 3.8) is 0 Å². The lowest BCUT2D eigenvalue weighted by Crippen LogP contribution is -2.70. The quantitative estimate of drug-likeness (QED) is 0.577. The smallest absolute Gasteiger partial charge is 0.443 e. The van der Waals surface area contributed by atoms with Crippen molar-refractivity contribution in [1.82, 2.24) is 0 Å². The molecule has 156 valence electrons. The van der Waals surface area contributed by atoms with E-state index < -0.39 is 5.60 Å². The molecule has 1 aromatic rings. The van der Waals surface area contributed by atoms with Gasteiger partial charge < -0.3 is 14.2 Å². The fourth-order valence-corrected chi connectivity index (χ4v) is 7.04. The Bertz CT molecular complexity index is 965. The van der Waals surface area contributed by atoms with Crippen LogP contribution >= 0.6 is 0 Å². The van der Waals surface area contributed by atoms with Gasteiger partial charge in [-0.2, -0.15) is 0 Å². The Hall–Kier alpha value is -2.01. The second-order valence-electron chi connectivity index (χ2n) is 10.5. The summed E-state index contributed by atoms with van der Waals surface area (Å²) in [4.78, 5) is 15.3. The maximum absolute atomic E-state index is 13.5. The molecule has 1 aromatic carbocycles. The van der Waals surface area contributed by atoms with E-state index >= 15 is 0 Å². The van der Waals surface area contributed by atoms with Crippen molar-refractivity contribution >= 4 is 19.8 Å². The molecule has 5 rings (SSSR count). The number of quaternary nitrogens is 1. The Balaban J connectivity index is 1.73. The second kappa shape index (κ2) is 6.26. The van der Waals surface area contributed by atoms with E-state index in [0.29, 0.717) is 4.39 Å². The van der Waals surface area contributed by atoms with E-state index in [4.69, 9.17) is 12.7 Å². The Morgan fingerprint density at radius 2 is 2.17 bits per heavy atom. The third kappa shape index (κ3) is 2.42. The highest BCUT2D eigenvalue weighted by Crippen LogP contribution is 2.64. The molecule has 1 amide bonds. The van der Waals surface area contributed by atoms with Gasteiger partial charge in [-0.1, -0.05) is 24.8 Å².